The van der Waals surface area contributed by atoms with Gasteiger partial charge in [0, 0.05) is 4.91 Å². The molecule has 0 fully saturated rings. The van der Waals surface area contributed by atoms with Crippen molar-refractivity contribution in [2.45, 2.75) is 0 Å². The van der Waals surface area contributed by atoms with E-state index >= 15 is 0 Å². The Labute approximate surface area is 90.1 Å². The second-order valence-electron chi connectivity index (χ2n) is 2.80. The van der Waals surface area contributed by atoms with E-state index in [1.807, 2.05) is 0 Å². The molecule has 80 valence electrons. The molecule has 0 aliphatic carbocycles. The molecule has 0 saturated heterocycles. The highest BCUT2D eigenvalue weighted by Gasteiger charge is 2.04. The third kappa shape index (κ3) is 1.77. The van der Waals surface area contributed by atoms with Crippen molar-refractivity contribution in [3.8, 4) is 11.4 Å². The van der Waals surface area contributed by atoms with Gasteiger partial charge in [0.15, 0.2) is 0 Å². The van der Waals surface area contributed by atoms with Crippen molar-refractivity contribution in [3.05, 3.63) is 35.0 Å². The van der Waals surface area contributed by atoms with E-state index in [2.05, 4.69) is 25.6 Å². The lowest BCUT2D eigenvalue weighted by atomic mass is 10.2. The Morgan fingerprint density at radius 2 is 2.38 bits per heavy atom. The van der Waals surface area contributed by atoms with Gasteiger partial charge in [0.25, 0.3) is 0 Å². The summed E-state index contributed by atoms with van der Waals surface area (Å²) in [7, 11) is 1.50. The van der Waals surface area contributed by atoms with Crippen molar-refractivity contribution >= 4 is 5.69 Å². The Kier molecular flexibility index (Phi) is 2.66. The first-order chi connectivity index (χ1) is 7.85. The average Bonchev–Trinajstić information content (AvgIpc) is 2.83. The highest BCUT2D eigenvalue weighted by Crippen LogP contribution is 2.29. The molecule has 8 heteroatoms. The van der Waals surface area contributed by atoms with Gasteiger partial charge in [0.1, 0.15) is 12.1 Å². The molecule has 0 spiro atoms. The van der Waals surface area contributed by atoms with Crippen molar-refractivity contribution in [3.63, 3.8) is 0 Å². The van der Waals surface area contributed by atoms with E-state index in [1.165, 1.54) is 18.1 Å². The molecule has 8 nitrogen and oxygen atoms in total. The molecule has 1 aromatic carbocycles. The normalized spacial score (nSPS) is 9.56. The van der Waals surface area contributed by atoms with Gasteiger partial charge < -0.3 is 4.74 Å². The third-order valence-electron chi connectivity index (χ3n) is 1.93. The summed E-state index contributed by atoms with van der Waals surface area (Å²) >= 11 is 0. The molecule has 1 aromatic heterocycles. The highest BCUT2D eigenvalue weighted by atomic mass is 16.5. The second-order valence-corrected chi connectivity index (χ2v) is 2.80. The molecule has 0 aliphatic heterocycles. The smallest absolute Gasteiger partial charge is 0.143 e. The van der Waals surface area contributed by atoms with Gasteiger partial charge in [-0.3, -0.25) is 0 Å². The summed E-state index contributed by atoms with van der Waals surface area (Å²) in [5, 5.41) is 14.3. The minimum Gasteiger partial charge on any atom is -0.496 e. The molecule has 0 aliphatic rings. The first-order valence-electron chi connectivity index (χ1n) is 4.31. The molecule has 0 atom stereocenters. The van der Waals surface area contributed by atoms with Gasteiger partial charge in [-0.1, -0.05) is 5.11 Å². The molecule has 2 aromatic rings. The number of hydrogen-bond donors (Lipinski definition) is 0. The van der Waals surface area contributed by atoms with Crippen LogP contribution < -0.4 is 4.74 Å². The standard InChI is InChI=1S/C8H7N7O/c1-16-8-3-2-6(4-7(8)11-12-9)15-5-10-13-14-15/h2-5H,1H3. The van der Waals surface area contributed by atoms with E-state index < -0.39 is 0 Å². The third-order valence-corrected chi connectivity index (χ3v) is 1.93. The van der Waals surface area contributed by atoms with E-state index in [4.69, 9.17) is 10.3 Å². The maximum atomic E-state index is 8.42. The zero-order valence-electron chi connectivity index (χ0n) is 8.35. The number of nitrogens with zero attached hydrogens (tertiary/aromatic N) is 7. The highest BCUT2D eigenvalue weighted by molar-refractivity contribution is 5.57. The topological polar surface area (TPSA) is 102 Å². The van der Waals surface area contributed by atoms with Crippen LogP contribution in [-0.2, 0) is 0 Å². The second kappa shape index (κ2) is 4.28. The molecule has 0 unspecified atom stereocenters. The van der Waals surface area contributed by atoms with Gasteiger partial charge in [-0.2, -0.15) is 0 Å². The van der Waals surface area contributed by atoms with Crippen LogP contribution in [0.1, 0.15) is 0 Å². The number of benzene rings is 1. The SMILES string of the molecule is COc1ccc(-n2cnnn2)cc1N=[N+]=[N-]. The van der Waals surface area contributed by atoms with E-state index in [0.717, 1.165) is 0 Å². The lowest BCUT2D eigenvalue weighted by Crippen LogP contribution is -1.95. The summed E-state index contributed by atoms with van der Waals surface area (Å²) in [6.07, 6.45) is 1.45. The average molecular weight is 217 g/mol. The van der Waals surface area contributed by atoms with Gasteiger partial charge in [0.05, 0.1) is 18.5 Å². The summed E-state index contributed by atoms with van der Waals surface area (Å²) in [4.78, 5) is 2.72. The van der Waals surface area contributed by atoms with E-state index in [0.29, 0.717) is 17.1 Å². The van der Waals surface area contributed by atoms with E-state index in [9.17, 15) is 0 Å². The lowest BCUT2D eigenvalue weighted by molar-refractivity contribution is 0.416. The maximum Gasteiger partial charge on any atom is 0.143 e. The molecule has 2 rings (SSSR count). The van der Waals surface area contributed by atoms with Crippen LogP contribution in [0.3, 0.4) is 0 Å². The van der Waals surface area contributed by atoms with Crippen LogP contribution in [0, 0.1) is 0 Å². The molecule has 1 heterocycles. The number of rotatable bonds is 3. The molecule has 16 heavy (non-hydrogen) atoms. The molecular weight excluding hydrogens is 210 g/mol. The predicted octanol–water partition coefficient (Wildman–Crippen LogP) is 1.61. The number of methoxy groups -OCH3 is 1. The summed E-state index contributed by atoms with van der Waals surface area (Å²) < 4.78 is 6.50. The molecule has 0 N–H and O–H groups in total. The van der Waals surface area contributed by atoms with Crippen LogP contribution in [0.25, 0.3) is 16.1 Å². The first-order valence-corrected chi connectivity index (χ1v) is 4.31. The van der Waals surface area contributed by atoms with Crippen LogP contribution in [-0.4, -0.2) is 27.3 Å². The van der Waals surface area contributed by atoms with Crippen molar-refractivity contribution in [2.75, 3.05) is 7.11 Å². The predicted molar refractivity (Wildman–Crippen MR) is 54.5 cm³/mol. The van der Waals surface area contributed by atoms with Crippen LogP contribution in [0.2, 0.25) is 0 Å². The van der Waals surface area contributed by atoms with Crippen LogP contribution in [0.4, 0.5) is 5.69 Å². The fraction of sp³-hybridized carbons (Fsp3) is 0.125. The lowest BCUT2D eigenvalue weighted by Gasteiger charge is -2.05. The number of hydrogen-bond acceptors (Lipinski definition) is 5. The van der Waals surface area contributed by atoms with Gasteiger partial charge in [-0.05, 0) is 34.2 Å². The van der Waals surface area contributed by atoms with E-state index in [-0.39, 0.29) is 0 Å². The number of azide groups is 1. The Balaban J connectivity index is 2.51. The minimum absolute atomic E-state index is 0.387. The minimum atomic E-state index is 0.387. The summed E-state index contributed by atoms with van der Waals surface area (Å²) in [5.74, 6) is 0.495. The van der Waals surface area contributed by atoms with Crippen LogP contribution in [0.15, 0.2) is 29.6 Å². The Morgan fingerprint density at radius 3 is 3.00 bits per heavy atom. The van der Waals surface area contributed by atoms with Gasteiger partial charge in [-0.25, -0.2) is 4.68 Å². The number of aromatic nitrogens is 4. The van der Waals surface area contributed by atoms with Gasteiger partial charge >= 0.3 is 0 Å². The monoisotopic (exact) mass is 217 g/mol. The molecule has 0 bridgehead atoms. The fourth-order valence-electron chi connectivity index (χ4n) is 1.23. The molecule has 0 radical (unpaired) electrons. The van der Waals surface area contributed by atoms with Crippen molar-refractivity contribution < 1.29 is 4.74 Å². The summed E-state index contributed by atoms with van der Waals surface area (Å²) in [5.41, 5.74) is 9.49. The molecular formula is C8H7N7O. The van der Waals surface area contributed by atoms with E-state index in [1.54, 1.807) is 18.2 Å². The zero-order chi connectivity index (χ0) is 11.4. The zero-order valence-corrected chi connectivity index (χ0v) is 8.35. The van der Waals surface area contributed by atoms with Gasteiger partial charge in [-0.15, -0.1) is 5.10 Å². The number of ether oxygens (including phenoxy) is 1. The first kappa shape index (κ1) is 9.94. The summed E-state index contributed by atoms with van der Waals surface area (Å²) in [6, 6.07) is 5.07. The van der Waals surface area contributed by atoms with Crippen molar-refractivity contribution in [1.82, 2.24) is 20.2 Å². The molecule has 0 amide bonds. The molecule has 0 saturated carbocycles. The van der Waals surface area contributed by atoms with Crippen molar-refractivity contribution in [2.24, 2.45) is 5.11 Å². The Bertz CT molecular complexity index is 529. The maximum absolute atomic E-state index is 8.42. The van der Waals surface area contributed by atoms with Crippen molar-refractivity contribution in [1.29, 1.82) is 0 Å². The van der Waals surface area contributed by atoms with Crippen LogP contribution >= 0.6 is 0 Å². The van der Waals surface area contributed by atoms with Gasteiger partial charge in [0.2, 0.25) is 0 Å². The quantitative estimate of drug-likeness (QED) is 0.442. The Morgan fingerprint density at radius 1 is 1.50 bits per heavy atom. The largest absolute Gasteiger partial charge is 0.496 e. The van der Waals surface area contributed by atoms with Crippen LogP contribution in [0.5, 0.6) is 5.75 Å². The fourth-order valence-corrected chi connectivity index (χ4v) is 1.23. The summed E-state index contributed by atoms with van der Waals surface area (Å²) in [6.45, 7) is 0. The number of tetrazole rings is 1. The Hall–Kier alpha value is -2.60.